The summed E-state index contributed by atoms with van der Waals surface area (Å²) in [7, 11) is 1.67. The highest BCUT2D eigenvalue weighted by Crippen LogP contribution is 2.36. The summed E-state index contributed by atoms with van der Waals surface area (Å²) in [4.78, 5) is 18.3. The summed E-state index contributed by atoms with van der Waals surface area (Å²) >= 11 is 0. The second-order valence-corrected chi connectivity index (χ2v) is 8.87. The van der Waals surface area contributed by atoms with Gasteiger partial charge in [-0.05, 0) is 54.3 Å². The quantitative estimate of drug-likeness (QED) is 0.630. The van der Waals surface area contributed by atoms with Gasteiger partial charge in [0.2, 0.25) is 5.91 Å². The van der Waals surface area contributed by atoms with Crippen molar-refractivity contribution in [3.63, 3.8) is 0 Å². The molecule has 0 radical (unpaired) electrons. The molecule has 2 atom stereocenters. The largest absolute Gasteiger partial charge is 0.497 e. The van der Waals surface area contributed by atoms with E-state index in [1.807, 2.05) is 12.1 Å². The first-order valence-electron chi connectivity index (χ1n) is 11.8. The van der Waals surface area contributed by atoms with Gasteiger partial charge in [-0.1, -0.05) is 48.5 Å². The van der Waals surface area contributed by atoms with Crippen molar-refractivity contribution in [1.29, 1.82) is 0 Å². The van der Waals surface area contributed by atoms with Crippen molar-refractivity contribution in [3.8, 4) is 5.75 Å². The van der Waals surface area contributed by atoms with Crippen LogP contribution in [0.15, 0.2) is 78.9 Å². The van der Waals surface area contributed by atoms with Crippen LogP contribution in [-0.4, -0.2) is 45.2 Å². The van der Waals surface area contributed by atoms with Crippen LogP contribution < -0.4 is 19.9 Å². The van der Waals surface area contributed by atoms with E-state index in [2.05, 4.69) is 81.8 Å². The summed E-state index contributed by atoms with van der Waals surface area (Å²) in [5.41, 5.74) is 4.99. The van der Waals surface area contributed by atoms with Gasteiger partial charge in [-0.3, -0.25) is 4.79 Å². The topological polar surface area (TPSA) is 44.8 Å². The maximum atomic E-state index is 13.4. The molecule has 0 bridgehead atoms. The highest BCUT2D eigenvalue weighted by Gasteiger charge is 2.41. The number of carbonyl (C=O) groups excluding carboxylic acids is 1. The molecule has 0 unspecified atom stereocenters. The fourth-order valence-corrected chi connectivity index (χ4v) is 5.18. The van der Waals surface area contributed by atoms with E-state index in [1.165, 1.54) is 22.5 Å². The average Bonchev–Trinajstić information content (AvgIpc) is 2.88. The Morgan fingerprint density at radius 2 is 1.73 bits per heavy atom. The second-order valence-electron chi connectivity index (χ2n) is 8.87. The van der Waals surface area contributed by atoms with Gasteiger partial charge < -0.3 is 19.9 Å². The maximum Gasteiger partial charge on any atom is 0.225 e. The van der Waals surface area contributed by atoms with Crippen molar-refractivity contribution < 1.29 is 9.53 Å². The molecule has 0 aliphatic carbocycles. The van der Waals surface area contributed by atoms with Gasteiger partial charge in [0, 0.05) is 37.6 Å². The Kier molecular flexibility index (Phi) is 6.20. The van der Waals surface area contributed by atoms with Gasteiger partial charge >= 0.3 is 0 Å². The van der Waals surface area contributed by atoms with E-state index < -0.39 is 0 Å². The number of anilines is 2. The highest BCUT2D eigenvalue weighted by molar-refractivity contribution is 5.82. The average molecular weight is 442 g/mol. The third kappa shape index (κ3) is 4.54. The Labute approximate surface area is 196 Å². The molecule has 0 saturated carbocycles. The maximum absolute atomic E-state index is 13.4. The molecule has 2 heterocycles. The number of ether oxygens (including phenoxy) is 1. The second kappa shape index (κ2) is 9.57. The zero-order valence-corrected chi connectivity index (χ0v) is 19.1. The highest BCUT2D eigenvalue weighted by atomic mass is 16.5. The Morgan fingerprint density at radius 1 is 0.970 bits per heavy atom. The molecule has 0 aromatic heterocycles. The number of hydrogen-bond acceptors (Lipinski definition) is 4. The molecule has 2 aliphatic heterocycles. The van der Waals surface area contributed by atoms with Crippen LogP contribution in [0.5, 0.6) is 5.75 Å². The van der Waals surface area contributed by atoms with Gasteiger partial charge in [0.1, 0.15) is 5.75 Å². The standard InChI is InChI=1S/C28H31N3O2/c1-33-24-13-11-21(12-14-24)15-16-29-28(32)25-19-22-7-5-6-10-26(22)31-18-17-30(20-27(25)31)23-8-3-2-4-9-23/h2-14,25,27H,15-20H2,1H3,(H,29,32)/t25-,27+/m0/s1. The SMILES string of the molecule is COc1ccc(CCNC(=O)[C@H]2Cc3ccccc3N3CCN(c4ccccc4)C[C@H]23)cc1. The smallest absolute Gasteiger partial charge is 0.225 e. The normalized spacial score (nSPS) is 19.4. The van der Waals surface area contributed by atoms with Gasteiger partial charge in [0.15, 0.2) is 0 Å². The molecule has 33 heavy (non-hydrogen) atoms. The van der Waals surface area contributed by atoms with Gasteiger partial charge in [-0.15, -0.1) is 0 Å². The van der Waals surface area contributed by atoms with Gasteiger partial charge in [0.25, 0.3) is 0 Å². The van der Waals surface area contributed by atoms with Crippen molar-refractivity contribution in [1.82, 2.24) is 5.32 Å². The number of nitrogens with zero attached hydrogens (tertiary/aromatic N) is 2. The lowest BCUT2D eigenvalue weighted by Gasteiger charge is -2.49. The predicted octanol–water partition coefficient (Wildman–Crippen LogP) is 3.92. The number of piperazine rings is 1. The van der Waals surface area contributed by atoms with Crippen molar-refractivity contribution in [2.75, 3.05) is 43.1 Å². The van der Waals surface area contributed by atoms with Crippen molar-refractivity contribution in [2.45, 2.75) is 18.9 Å². The van der Waals surface area contributed by atoms with Gasteiger partial charge in [-0.2, -0.15) is 0 Å². The monoisotopic (exact) mass is 441 g/mol. The van der Waals surface area contributed by atoms with E-state index >= 15 is 0 Å². The lowest BCUT2D eigenvalue weighted by molar-refractivity contribution is -0.125. The summed E-state index contributed by atoms with van der Waals surface area (Å²) in [5, 5.41) is 3.23. The van der Waals surface area contributed by atoms with Crippen LogP contribution >= 0.6 is 0 Å². The number of carbonyl (C=O) groups is 1. The van der Waals surface area contributed by atoms with E-state index in [1.54, 1.807) is 7.11 Å². The third-order valence-electron chi connectivity index (χ3n) is 6.95. The van der Waals surface area contributed by atoms with Crippen molar-refractivity contribution >= 4 is 17.3 Å². The number of nitrogens with one attached hydrogen (secondary N) is 1. The molecule has 1 saturated heterocycles. The zero-order valence-electron chi connectivity index (χ0n) is 19.1. The first-order valence-corrected chi connectivity index (χ1v) is 11.8. The molecule has 3 aromatic carbocycles. The van der Waals surface area contributed by atoms with Crippen LogP contribution in [0.3, 0.4) is 0 Å². The summed E-state index contributed by atoms with van der Waals surface area (Å²) in [6.45, 7) is 3.38. The Balaban J connectivity index is 1.30. The number of fused-ring (bicyclic) bond motifs is 3. The molecular weight excluding hydrogens is 410 g/mol. The molecular formula is C28H31N3O2. The minimum absolute atomic E-state index is 0.0673. The number of para-hydroxylation sites is 2. The summed E-state index contributed by atoms with van der Waals surface area (Å²) in [6.07, 6.45) is 1.60. The summed E-state index contributed by atoms with van der Waals surface area (Å²) < 4.78 is 5.23. The molecule has 5 nitrogen and oxygen atoms in total. The lowest BCUT2D eigenvalue weighted by Crippen LogP contribution is -2.61. The van der Waals surface area contributed by atoms with Gasteiger partial charge in [0.05, 0.1) is 19.1 Å². The van der Waals surface area contributed by atoms with Crippen LogP contribution in [0.1, 0.15) is 11.1 Å². The lowest BCUT2D eigenvalue weighted by atomic mass is 9.83. The predicted molar refractivity (Wildman–Crippen MR) is 133 cm³/mol. The van der Waals surface area contributed by atoms with E-state index in [0.717, 1.165) is 38.2 Å². The minimum atomic E-state index is -0.0673. The van der Waals surface area contributed by atoms with Crippen molar-refractivity contribution in [3.05, 3.63) is 90.0 Å². The van der Waals surface area contributed by atoms with Crippen LogP contribution in [0.25, 0.3) is 0 Å². The van der Waals surface area contributed by atoms with E-state index in [-0.39, 0.29) is 17.9 Å². The molecule has 1 N–H and O–H groups in total. The fourth-order valence-electron chi connectivity index (χ4n) is 5.18. The summed E-state index contributed by atoms with van der Waals surface area (Å²) in [6, 6.07) is 27.3. The van der Waals surface area contributed by atoms with E-state index in [4.69, 9.17) is 4.74 Å². The first kappa shape index (κ1) is 21.4. The van der Waals surface area contributed by atoms with Gasteiger partial charge in [-0.25, -0.2) is 0 Å². The number of rotatable bonds is 6. The van der Waals surface area contributed by atoms with Crippen LogP contribution in [-0.2, 0) is 17.6 Å². The fraction of sp³-hybridized carbons (Fsp3) is 0.321. The van der Waals surface area contributed by atoms with E-state index in [0.29, 0.717) is 6.54 Å². The first-order chi connectivity index (χ1) is 16.2. The minimum Gasteiger partial charge on any atom is -0.497 e. The number of methoxy groups -OCH3 is 1. The number of hydrogen-bond donors (Lipinski definition) is 1. The molecule has 5 rings (SSSR count). The molecule has 0 spiro atoms. The Bertz CT molecular complexity index is 1080. The summed E-state index contributed by atoms with van der Waals surface area (Å²) in [5.74, 6) is 0.939. The van der Waals surface area contributed by atoms with Crippen LogP contribution in [0, 0.1) is 5.92 Å². The van der Waals surface area contributed by atoms with E-state index in [9.17, 15) is 4.79 Å². The Morgan fingerprint density at radius 3 is 2.52 bits per heavy atom. The van der Waals surface area contributed by atoms with Crippen LogP contribution in [0.4, 0.5) is 11.4 Å². The van der Waals surface area contributed by atoms with Crippen molar-refractivity contribution in [2.24, 2.45) is 5.92 Å². The number of benzene rings is 3. The molecule has 3 aromatic rings. The van der Waals surface area contributed by atoms with Crippen LogP contribution in [0.2, 0.25) is 0 Å². The zero-order chi connectivity index (χ0) is 22.6. The molecule has 5 heteroatoms. The molecule has 170 valence electrons. The Hall–Kier alpha value is -3.47. The molecule has 1 fully saturated rings. The third-order valence-corrected chi connectivity index (χ3v) is 6.95. The molecule has 1 amide bonds. The number of amides is 1. The molecule has 2 aliphatic rings.